The molecule has 1 aliphatic rings. The number of aryl methyl sites for hydroxylation is 1. The van der Waals surface area contributed by atoms with Crippen LogP contribution in [0.5, 0.6) is 0 Å². The maximum absolute atomic E-state index is 11.7. The summed E-state index contributed by atoms with van der Waals surface area (Å²) in [5, 5.41) is 7.45. The molecule has 0 aromatic carbocycles. The van der Waals surface area contributed by atoms with E-state index in [1.807, 2.05) is 13.1 Å². The van der Waals surface area contributed by atoms with E-state index in [-0.39, 0.29) is 29.7 Å². The quantitative estimate of drug-likeness (QED) is 0.363. The van der Waals surface area contributed by atoms with Crippen molar-refractivity contribution >= 4 is 51.3 Å². The molecule has 7 nitrogen and oxygen atoms in total. The molecule has 2 rings (SSSR count). The zero-order valence-corrected chi connectivity index (χ0v) is 17.4. The van der Waals surface area contributed by atoms with E-state index >= 15 is 0 Å². The normalized spacial score (nSPS) is 17.7. The van der Waals surface area contributed by atoms with Crippen molar-refractivity contribution in [3.63, 3.8) is 0 Å². The molecular weight excluding hydrogens is 449 g/mol. The van der Waals surface area contributed by atoms with Gasteiger partial charge in [0.25, 0.3) is 0 Å². The minimum atomic E-state index is -3.02. The minimum Gasteiger partial charge on any atom is -0.356 e. The van der Waals surface area contributed by atoms with Crippen molar-refractivity contribution in [1.29, 1.82) is 0 Å². The number of rotatable bonds is 6. The Morgan fingerprint density at radius 3 is 2.74 bits per heavy atom. The van der Waals surface area contributed by atoms with Gasteiger partial charge >= 0.3 is 0 Å². The molecule has 1 aromatic rings. The molecule has 132 valence electrons. The number of nitrogens with one attached hydrogen (secondary N) is 2. The largest absolute Gasteiger partial charge is 0.356 e. The van der Waals surface area contributed by atoms with E-state index in [0.717, 1.165) is 24.4 Å². The molecule has 1 saturated heterocycles. The molecule has 0 bridgehead atoms. The van der Waals surface area contributed by atoms with Crippen molar-refractivity contribution in [2.45, 2.75) is 19.8 Å². The van der Waals surface area contributed by atoms with Crippen molar-refractivity contribution in [3.8, 4) is 0 Å². The van der Waals surface area contributed by atoms with E-state index < -0.39 is 10.0 Å². The molecular formula is C13H24IN5O2S2. The van der Waals surface area contributed by atoms with Gasteiger partial charge in [0, 0.05) is 50.7 Å². The fourth-order valence-corrected chi connectivity index (χ4v) is 4.58. The second-order valence-electron chi connectivity index (χ2n) is 5.11. The molecule has 0 unspecified atom stereocenters. The Labute approximate surface area is 159 Å². The van der Waals surface area contributed by atoms with Crippen LogP contribution in [0.2, 0.25) is 0 Å². The van der Waals surface area contributed by atoms with Crippen LogP contribution in [0.1, 0.15) is 16.3 Å². The molecule has 0 saturated carbocycles. The molecule has 0 aliphatic carbocycles. The average Bonchev–Trinajstić information content (AvgIpc) is 3.03. The fraction of sp³-hybridized carbons (Fsp3) is 0.692. The SMILES string of the molecule is CN=C(NCCc1ncc(C)s1)NCCN1CCCS1(=O)=O.I. The highest BCUT2D eigenvalue weighted by Crippen LogP contribution is 2.12. The van der Waals surface area contributed by atoms with Gasteiger partial charge in [0.15, 0.2) is 5.96 Å². The van der Waals surface area contributed by atoms with Crippen LogP contribution in [0.4, 0.5) is 0 Å². The van der Waals surface area contributed by atoms with E-state index in [1.165, 1.54) is 9.18 Å². The lowest BCUT2D eigenvalue weighted by Gasteiger charge is -2.16. The third kappa shape index (κ3) is 6.51. The van der Waals surface area contributed by atoms with Crippen LogP contribution in [-0.4, -0.2) is 62.6 Å². The van der Waals surface area contributed by atoms with Gasteiger partial charge in [-0.25, -0.2) is 17.7 Å². The lowest BCUT2D eigenvalue weighted by atomic mass is 10.4. The van der Waals surface area contributed by atoms with E-state index in [2.05, 4.69) is 20.6 Å². The number of guanidine groups is 1. The predicted octanol–water partition coefficient (Wildman–Crippen LogP) is 0.813. The highest BCUT2D eigenvalue weighted by Gasteiger charge is 2.27. The Morgan fingerprint density at radius 2 is 2.17 bits per heavy atom. The number of hydrogen-bond donors (Lipinski definition) is 2. The Balaban J connectivity index is 0.00000264. The van der Waals surface area contributed by atoms with Gasteiger partial charge in [0.2, 0.25) is 10.0 Å². The summed E-state index contributed by atoms with van der Waals surface area (Å²) in [6.07, 6.45) is 3.45. The van der Waals surface area contributed by atoms with Crippen LogP contribution >= 0.6 is 35.3 Å². The molecule has 0 atom stereocenters. The lowest BCUT2D eigenvalue weighted by molar-refractivity contribution is 0.445. The predicted molar refractivity (Wildman–Crippen MR) is 105 cm³/mol. The summed E-state index contributed by atoms with van der Waals surface area (Å²) in [5.74, 6) is 0.956. The van der Waals surface area contributed by atoms with Crippen molar-refractivity contribution in [2.24, 2.45) is 4.99 Å². The maximum Gasteiger partial charge on any atom is 0.214 e. The van der Waals surface area contributed by atoms with Gasteiger partial charge in [0.1, 0.15) is 0 Å². The van der Waals surface area contributed by atoms with E-state index in [0.29, 0.717) is 25.6 Å². The van der Waals surface area contributed by atoms with E-state index in [1.54, 1.807) is 18.4 Å². The van der Waals surface area contributed by atoms with Crippen molar-refractivity contribution < 1.29 is 8.42 Å². The van der Waals surface area contributed by atoms with Gasteiger partial charge in [-0.3, -0.25) is 4.99 Å². The molecule has 23 heavy (non-hydrogen) atoms. The Kier molecular flexibility index (Phi) is 8.72. The van der Waals surface area contributed by atoms with Crippen LogP contribution in [0.15, 0.2) is 11.2 Å². The summed E-state index contributed by atoms with van der Waals surface area (Å²) in [6, 6.07) is 0. The first-order valence-electron chi connectivity index (χ1n) is 7.35. The summed E-state index contributed by atoms with van der Waals surface area (Å²) in [6.45, 7) is 4.44. The summed E-state index contributed by atoms with van der Waals surface area (Å²) in [7, 11) is -1.31. The molecule has 0 radical (unpaired) electrons. The zero-order valence-electron chi connectivity index (χ0n) is 13.4. The summed E-state index contributed by atoms with van der Waals surface area (Å²) >= 11 is 1.70. The summed E-state index contributed by atoms with van der Waals surface area (Å²) < 4.78 is 24.9. The smallest absolute Gasteiger partial charge is 0.214 e. The number of sulfonamides is 1. The molecule has 0 amide bonds. The topological polar surface area (TPSA) is 86.7 Å². The fourth-order valence-electron chi connectivity index (χ4n) is 2.27. The highest BCUT2D eigenvalue weighted by molar-refractivity contribution is 14.0. The molecule has 1 fully saturated rings. The maximum atomic E-state index is 11.7. The Hall–Kier alpha value is -0.460. The van der Waals surface area contributed by atoms with Crippen LogP contribution in [0, 0.1) is 6.92 Å². The molecule has 10 heteroatoms. The molecule has 2 heterocycles. The van der Waals surface area contributed by atoms with Crippen LogP contribution in [-0.2, 0) is 16.4 Å². The Morgan fingerprint density at radius 1 is 1.43 bits per heavy atom. The summed E-state index contributed by atoms with van der Waals surface area (Å²) in [5.41, 5.74) is 0. The molecule has 0 spiro atoms. The van der Waals surface area contributed by atoms with Gasteiger partial charge in [-0.15, -0.1) is 35.3 Å². The van der Waals surface area contributed by atoms with E-state index in [9.17, 15) is 8.42 Å². The number of halogens is 1. The third-order valence-electron chi connectivity index (χ3n) is 3.38. The van der Waals surface area contributed by atoms with Gasteiger partial charge < -0.3 is 10.6 Å². The lowest BCUT2D eigenvalue weighted by Crippen LogP contribution is -2.42. The number of nitrogens with zero attached hydrogens (tertiary/aromatic N) is 3. The van der Waals surface area contributed by atoms with Crippen molar-refractivity contribution in [1.82, 2.24) is 19.9 Å². The monoisotopic (exact) mass is 473 g/mol. The van der Waals surface area contributed by atoms with Crippen LogP contribution in [0.25, 0.3) is 0 Å². The average molecular weight is 473 g/mol. The van der Waals surface area contributed by atoms with Gasteiger partial charge in [-0.2, -0.15) is 0 Å². The number of hydrogen-bond acceptors (Lipinski definition) is 5. The zero-order chi connectivity index (χ0) is 16.0. The van der Waals surface area contributed by atoms with Gasteiger partial charge in [0.05, 0.1) is 10.8 Å². The second kappa shape index (κ2) is 9.74. The molecule has 1 aromatic heterocycles. The summed E-state index contributed by atoms with van der Waals surface area (Å²) in [4.78, 5) is 9.66. The van der Waals surface area contributed by atoms with Crippen molar-refractivity contribution in [2.75, 3.05) is 39.0 Å². The molecule has 2 N–H and O–H groups in total. The van der Waals surface area contributed by atoms with Gasteiger partial charge in [-0.05, 0) is 13.3 Å². The van der Waals surface area contributed by atoms with Gasteiger partial charge in [-0.1, -0.05) is 0 Å². The first kappa shape index (κ1) is 20.6. The van der Waals surface area contributed by atoms with E-state index in [4.69, 9.17) is 0 Å². The van der Waals surface area contributed by atoms with Crippen LogP contribution < -0.4 is 10.6 Å². The molecule has 1 aliphatic heterocycles. The first-order chi connectivity index (χ1) is 10.5. The minimum absolute atomic E-state index is 0. The standard InChI is InChI=1S/C13H23N5O2S2.HI/c1-11-10-17-12(21-11)4-5-15-13(14-2)16-6-8-18-7-3-9-22(18,19)20;/h10H,3-9H2,1-2H3,(H2,14,15,16);1H. The first-order valence-corrected chi connectivity index (χ1v) is 9.77. The highest BCUT2D eigenvalue weighted by atomic mass is 127. The Bertz CT molecular complexity index is 618. The van der Waals surface area contributed by atoms with Crippen molar-refractivity contribution in [3.05, 3.63) is 16.1 Å². The van der Waals surface area contributed by atoms with Crippen LogP contribution in [0.3, 0.4) is 0 Å². The third-order valence-corrected chi connectivity index (χ3v) is 6.31. The second-order valence-corrected chi connectivity index (χ2v) is 8.52. The number of aromatic nitrogens is 1. The number of thiazole rings is 1. The number of aliphatic imine (C=N–C) groups is 1.